The van der Waals surface area contributed by atoms with Gasteiger partial charge in [-0.2, -0.15) is 5.10 Å². The van der Waals surface area contributed by atoms with Gasteiger partial charge in [0.25, 0.3) is 0 Å². The normalized spacial score (nSPS) is 14.1. The standard InChI is InChI=1S/C35H36FN7O/c1-43(2)13-12-39-26-15-23(14-25(36)18-26)29-4-3-5-32-30(29)19-34(40-32)35-31-17-22(6-7-33(31)41-42-35)24-16-28(21-38-20-24)44-27-8-10-37-11-9-27/h3-7,14-21,27,37,39-40H,8-13H2,1-2H3,(H,41,42). The maximum Gasteiger partial charge on any atom is 0.138 e. The number of likely N-dealkylation sites (N-methyl/N-ethyl adjacent to an activating group) is 1. The number of hydrogen-bond donors (Lipinski definition) is 4. The van der Waals surface area contributed by atoms with Crippen molar-refractivity contribution in [2.75, 3.05) is 45.6 Å². The van der Waals surface area contributed by atoms with Crippen molar-refractivity contribution in [2.45, 2.75) is 18.9 Å². The summed E-state index contributed by atoms with van der Waals surface area (Å²) in [4.78, 5) is 10.1. The van der Waals surface area contributed by atoms with E-state index in [-0.39, 0.29) is 11.9 Å². The van der Waals surface area contributed by atoms with E-state index in [0.29, 0.717) is 0 Å². The maximum atomic E-state index is 14.7. The summed E-state index contributed by atoms with van der Waals surface area (Å²) in [5.41, 5.74) is 8.18. The number of benzene rings is 3. The number of nitrogens with zero attached hydrogens (tertiary/aromatic N) is 3. The Balaban J connectivity index is 1.21. The summed E-state index contributed by atoms with van der Waals surface area (Å²) in [6.07, 6.45) is 5.86. The molecule has 0 spiro atoms. The number of H-pyrrole nitrogens is 2. The quantitative estimate of drug-likeness (QED) is 0.150. The lowest BCUT2D eigenvalue weighted by Crippen LogP contribution is -2.34. The van der Waals surface area contributed by atoms with Gasteiger partial charge in [0.1, 0.15) is 23.4 Å². The van der Waals surface area contributed by atoms with Crippen molar-refractivity contribution in [3.8, 4) is 39.4 Å². The van der Waals surface area contributed by atoms with Gasteiger partial charge >= 0.3 is 0 Å². The zero-order valence-corrected chi connectivity index (χ0v) is 25.0. The molecular formula is C35H36FN7O. The highest BCUT2D eigenvalue weighted by Gasteiger charge is 2.17. The minimum absolute atomic E-state index is 0.210. The predicted octanol–water partition coefficient (Wildman–Crippen LogP) is 6.68. The number of rotatable bonds is 9. The highest BCUT2D eigenvalue weighted by atomic mass is 19.1. The van der Waals surface area contributed by atoms with Crippen molar-refractivity contribution >= 4 is 27.5 Å². The van der Waals surface area contributed by atoms with Gasteiger partial charge in [-0.25, -0.2) is 4.39 Å². The summed E-state index contributed by atoms with van der Waals surface area (Å²) in [6, 6.07) is 21.6. The van der Waals surface area contributed by atoms with Gasteiger partial charge in [0, 0.05) is 46.8 Å². The smallest absolute Gasteiger partial charge is 0.138 e. The largest absolute Gasteiger partial charge is 0.489 e. The second kappa shape index (κ2) is 12.1. The molecule has 1 fully saturated rings. The van der Waals surface area contributed by atoms with Crippen LogP contribution in [0.1, 0.15) is 12.8 Å². The van der Waals surface area contributed by atoms with Crippen LogP contribution in [-0.4, -0.2) is 71.4 Å². The van der Waals surface area contributed by atoms with E-state index in [4.69, 9.17) is 9.84 Å². The van der Waals surface area contributed by atoms with Crippen LogP contribution in [0.2, 0.25) is 0 Å². The van der Waals surface area contributed by atoms with Crippen LogP contribution in [0.4, 0.5) is 10.1 Å². The minimum Gasteiger partial charge on any atom is -0.489 e. The van der Waals surface area contributed by atoms with Crippen LogP contribution in [0.15, 0.2) is 79.1 Å². The molecule has 224 valence electrons. The van der Waals surface area contributed by atoms with Gasteiger partial charge in [0.15, 0.2) is 0 Å². The Morgan fingerprint density at radius 2 is 1.80 bits per heavy atom. The Morgan fingerprint density at radius 1 is 0.909 bits per heavy atom. The molecule has 4 N–H and O–H groups in total. The first-order chi connectivity index (χ1) is 21.5. The van der Waals surface area contributed by atoms with Crippen LogP contribution in [0.3, 0.4) is 0 Å². The van der Waals surface area contributed by atoms with Crippen LogP contribution in [-0.2, 0) is 0 Å². The van der Waals surface area contributed by atoms with Gasteiger partial charge in [-0.05, 0) is 105 Å². The highest BCUT2D eigenvalue weighted by molar-refractivity contribution is 6.02. The van der Waals surface area contributed by atoms with E-state index in [1.807, 2.05) is 50.6 Å². The molecule has 3 aromatic heterocycles. The molecule has 1 aliphatic heterocycles. The Bertz CT molecular complexity index is 1920. The van der Waals surface area contributed by atoms with Crippen molar-refractivity contribution in [2.24, 2.45) is 0 Å². The molecule has 4 heterocycles. The zero-order valence-electron chi connectivity index (χ0n) is 25.0. The van der Waals surface area contributed by atoms with Gasteiger partial charge in [0.05, 0.1) is 17.4 Å². The molecule has 9 heteroatoms. The van der Waals surface area contributed by atoms with Crippen LogP contribution in [0, 0.1) is 5.82 Å². The molecule has 0 aliphatic carbocycles. The summed E-state index contributed by atoms with van der Waals surface area (Å²) in [5, 5.41) is 16.6. The average Bonchev–Trinajstić information content (AvgIpc) is 3.65. The first kappa shape index (κ1) is 28.1. The number of ether oxygens (including phenoxy) is 1. The summed E-state index contributed by atoms with van der Waals surface area (Å²) in [6.45, 7) is 3.54. The lowest BCUT2D eigenvalue weighted by molar-refractivity contribution is 0.162. The Labute approximate surface area is 255 Å². The van der Waals surface area contributed by atoms with Crippen LogP contribution in [0.25, 0.3) is 55.4 Å². The van der Waals surface area contributed by atoms with E-state index >= 15 is 0 Å². The van der Waals surface area contributed by atoms with Crippen LogP contribution >= 0.6 is 0 Å². The van der Waals surface area contributed by atoms with E-state index in [1.54, 1.807) is 18.3 Å². The van der Waals surface area contributed by atoms with E-state index in [0.717, 1.165) is 106 Å². The van der Waals surface area contributed by atoms with Crippen molar-refractivity contribution in [1.82, 2.24) is 30.4 Å². The second-order valence-electron chi connectivity index (χ2n) is 11.7. The molecular weight excluding hydrogens is 553 g/mol. The first-order valence-electron chi connectivity index (χ1n) is 15.1. The third kappa shape index (κ3) is 5.89. The predicted molar refractivity (Wildman–Crippen MR) is 176 cm³/mol. The number of aromatic amines is 2. The van der Waals surface area contributed by atoms with E-state index < -0.39 is 0 Å². The molecule has 7 rings (SSSR count). The number of nitrogens with one attached hydrogen (secondary N) is 4. The summed E-state index contributed by atoms with van der Waals surface area (Å²) < 4.78 is 21.0. The molecule has 44 heavy (non-hydrogen) atoms. The van der Waals surface area contributed by atoms with E-state index in [2.05, 4.69) is 54.9 Å². The van der Waals surface area contributed by atoms with Gasteiger partial charge in [0.2, 0.25) is 0 Å². The van der Waals surface area contributed by atoms with Gasteiger partial charge in [-0.1, -0.05) is 18.2 Å². The summed E-state index contributed by atoms with van der Waals surface area (Å²) in [7, 11) is 4.04. The molecule has 1 saturated heterocycles. The number of halogens is 1. The number of piperidine rings is 1. The van der Waals surface area contributed by atoms with Gasteiger partial charge in [-0.15, -0.1) is 0 Å². The van der Waals surface area contributed by atoms with E-state index in [9.17, 15) is 4.39 Å². The molecule has 0 unspecified atom stereocenters. The molecule has 6 aromatic rings. The second-order valence-corrected chi connectivity index (χ2v) is 11.7. The third-order valence-corrected chi connectivity index (χ3v) is 8.21. The molecule has 3 aromatic carbocycles. The topological polar surface area (TPSA) is 93.9 Å². The number of hydrogen-bond acceptors (Lipinski definition) is 6. The van der Waals surface area contributed by atoms with Gasteiger partial charge < -0.3 is 25.3 Å². The molecule has 0 bridgehead atoms. The van der Waals surface area contributed by atoms with Crippen molar-refractivity contribution in [1.29, 1.82) is 0 Å². The fourth-order valence-electron chi connectivity index (χ4n) is 5.95. The lowest BCUT2D eigenvalue weighted by Gasteiger charge is -2.23. The Hall–Kier alpha value is -4.73. The Kier molecular flexibility index (Phi) is 7.72. The number of anilines is 1. The molecule has 1 aliphatic rings. The van der Waals surface area contributed by atoms with Crippen molar-refractivity contribution in [3.05, 3.63) is 84.9 Å². The third-order valence-electron chi connectivity index (χ3n) is 8.21. The SMILES string of the molecule is CN(C)CCNc1cc(F)cc(-c2cccc3[nH]c(-c4n[nH]c5ccc(-c6cncc(OC7CCNCC7)c6)cc45)cc23)c1. The Morgan fingerprint density at radius 3 is 2.66 bits per heavy atom. The first-order valence-corrected chi connectivity index (χ1v) is 15.1. The van der Waals surface area contributed by atoms with Crippen LogP contribution < -0.4 is 15.4 Å². The molecule has 0 atom stereocenters. The zero-order chi connectivity index (χ0) is 30.0. The summed E-state index contributed by atoms with van der Waals surface area (Å²) in [5.74, 6) is 0.520. The van der Waals surface area contributed by atoms with Crippen molar-refractivity contribution in [3.63, 3.8) is 0 Å². The van der Waals surface area contributed by atoms with Gasteiger partial charge in [-0.3, -0.25) is 10.1 Å². The molecule has 0 radical (unpaired) electrons. The maximum absolute atomic E-state index is 14.7. The lowest BCUT2D eigenvalue weighted by atomic mass is 10.0. The van der Waals surface area contributed by atoms with E-state index in [1.165, 1.54) is 0 Å². The number of fused-ring (bicyclic) bond motifs is 2. The monoisotopic (exact) mass is 589 g/mol. The number of aromatic nitrogens is 4. The summed E-state index contributed by atoms with van der Waals surface area (Å²) >= 11 is 0. The number of pyridine rings is 1. The fraction of sp³-hybridized carbons (Fsp3) is 0.257. The average molecular weight is 590 g/mol. The molecule has 8 nitrogen and oxygen atoms in total. The highest BCUT2D eigenvalue weighted by Crippen LogP contribution is 2.36. The fourth-order valence-corrected chi connectivity index (χ4v) is 5.95. The van der Waals surface area contributed by atoms with Crippen LogP contribution in [0.5, 0.6) is 5.75 Å². The molecule has 0 amide bonds. The minimum atomic E-state index is -0.270. The van der Waals surface area contributed by atoms with Crippen molar-refractivity contribution < 1.29 is 9.13 Å². The molecule has 0 saturated carbocycles.